The zero-order valence-electron chi connectivity index (χ0n) is 13.5. The van der Waals surface area contributed by atoms with E-state index >= 15 is 0 Å². The average Bonchev–Trinajstić information content (AvgIpc) is 2.82. The van der Waals surface area contributed by atoms with E-state index in [-0.39, 0.29) is 13.2 Å². The summed E-state index contributed by atoms with van der Waals surface area (Å²) in [5.41, 5.74) is 1.12. The third-order valence-electron chi connectivity index (χ3n) is 3.54. The van der Waals surface area contributed by atoms with E-state index in [2.05, 4.69) is 0 Å². The minimum absolute atomic E-state index is 0.149. The quantitative estimate of drug-likeness (QED) is 0.693. The van der Waals surface area contributed by atoms with E-state index in [1.54, 1.807) is 18.2 Å². The van der Waals surface area contributed by atoms with Gasteiger partial charge in [0.05, 0.1) is 18.7 Å². The molecular formula is C16H16B2FNO4. The summed E-state index contributed by atoms with van der Waals surface area (Å²) in [5.74, 6) is -0.0575. The van der Waals surface area contributed by atoms with Crippen LogP contribution in [0.1, 0.15) is 0 Å². The van der Waals surface area contributed by atoms with Crippen LogP contribution in [0.15, 0.2) is 51.7 Å². The van der Waals surface area contributed by atoms with Crippen molar-refractivity contribution in [2.24, 2.45) is 0 Å². The van der Waals surface area contributed by atoms with Crippen molar-refractivity contribution < 1.29 is 18.7 Å². The van der Waals surface area contributed by atoms with Gasteiger partial charge in [0, 0.05) is 0 Å². The van der Waals surface area contributed by atoms with Gasteiger partial charge in [0.15, 0.2) is 26.9 Å². The van der Waals surface area contributed by atoms with Crippen molar-refractivity contribution in [2.45, 2.75) is 12.2 Å². The smallest absolute Gasteiger partial charge is 0.420 e. The second-order valence-corrected chi connectivity index (χ2v) is 5.92. The lowest BCUT2D eigenvalue weighted by atomic mass is 9.78. The van der Waals surface area contributed by atoms with Crippen molar-refractivity contribution in [1.82, 2.24) is 4.57 Å². The molecule has 24 heavy (non-hydrogen) atoms. The lowest BCUT2D eigenvalue weighted by Crippen LogP contribution is -2.31. The number of oxazole rings is 1. The molecule has 3 rings (SSSR count). The van der Waals surface area contributed by atoms with Gasteiger partial charge in [-0.05, 0) is 35.4 Å². The van der Waals surface area contributed by atoms with Crippen molar-refractivity contribution in [3.63, 3.8) is 0 Å². The molecular weight excluding hydrogens is 311 g/mol. The number of aliphatic hydroxyl groups excluding tert-OH is 1. The van der Waals surface area contributed by atoms with Gasteiger partial charge in [0.2, 0.25) is 0 Å². The molecule has 0 fully saturated rings. The Hall–Kier alpha value is -2.47. The number of fused-ring (bicyclic) bond motifs is 1. The number of rotatable bonds is 5. The van der Waals surface area contributed by atoms with Crippen LogP contribution in [-0.4, -0.2) is 37.6 Å². The predicted octanol–water partition coefficient (Wildman–Crippen LogP) is 0.480. The third kappa shape index (κ3) is 3.38. The molecule has 0 unspecified atom stereocenters. The van der Waals surface area contributed by atoms with Crippen LogP contribution < -0.4 is 10.5 Å². The number of aromatic nitrogens is 1. The standard InChI is InChI=1S/C16H16B2FNO4/c17-16(18,19)24-12-4-1-10(2-5-12)11-3-6-14-13(9-11)20(7-8-21)15(22)23-14/h1-6,9,21H,7-8,17-18H2. The van der Waals surface area contributed by atoms with Gasteiger partial charge in [0.1, 0.15) is 5.75 Å². The van der Waals surface area contributed by atoms with Crippen LogP contribution in [0.5, 0.6) is 5.75 Å². The zero-order chi connectivity index (χ0) is 17.3. The van der Waals surface area contributed by atoms with E-state index < -0.39 is 11.4 Å². The Morgan fingerprint density at radius 3 is 2.46 bits per heavy atom. The van der Waals surface area contributed by atoms with Gasteiger partial charge in [-0.15, -0.1) is 0 Å². The highest BCUT2D eigenvalue weighted by molar-refractivity contribution is 6.37. The van der Waals surface area contributed by atoms with Crippen LogP contribution in [0.2, 0.25) is 0 Å². The molecule has 1 aromatic heterocycles. The molecule has 0 saturated carbocycles. The summed E-state index contributed by atoms with van der Waals surface area (Å²) >= 11 is 0. The second kappa shape index (κ2) is 6.20. The summed E-state index contributed by atoms with van der Waals surface area (Å²) in [6, 6.07) is 12.4. The van der Waals surface area contributed by atoms with Crippen molar-refractivity contribution in [1.29, 1.82) is 0 Å². The maximum absolute atomic E-state index is 13.5. The fourth-order valence-electron chi connectivity index (χ4n) is 2.55. The number of hydrogen-bond acceptors (Lipinski definition) is 4. The summed E-state index contributed by atoms with van der Waals surface area (Å²) in [7, 11) is 2.68. The van der Waals surface area contributed by atoms with Crippen LogP contribution in [0, 0.1) is 0 Å². The minimum Gasteiger partial charge on any atom is -0.475 e. The Morgan fingerprint density at radius 1 is 1.17 bits per heavy atom. The molecule has 5 nitrogen and oxygen atoms in total. The Labute approximate surface area is 139 Å². The average molecular weight is 327 g/mol. The lowest BCUT2D eigenvalue weighted by molar-refractivity contribution is 0.102. The molecule has 0 amide bonds. The topological polar surface area (TPSA) is 64.6 Å². The highest BCUT2D eigenvalue weighted by Gasteiger charge is 2.17. The van der Waals surface area contributed by atoms with Crippen LogP contribution >= 0.6 is 0 Å². The van der Waals surface area contributed by atoms with Crippen molar-refractivity contribution in [2.75, 3.05) is 6.61 Å². The van der Waals surface area contributed by atoms with Gasteiger partial charge in [-0.25, -0.2) is 9.18 Å². The normalized spacial score (nSPS) is 11.8. The number of alkyl halides is 1. The summed E-state index contributed by atoms with van der Waals surface area (Å²) < 4.78 is 25.2. The van der Waals surface area contributed by atoms with Crippen molar-refractivity contribution >= 4 is 26.8 Å². The molecule has 1 N–H and O–H groups in total. The number of aliphatic hydroxyl groups is 1. The first-order valence-electron chi connectivity index (χ1n) is 7.60. The minimum atomic E-state index is -1.74. The maximum Gasteiger partial charge on any atom is 0.420 e. The summed E-state index contributed by atoms with van der Waals surface area (Å²) in [6.07, 6.45) is 0. The molecule has 0 saturated heterocycles. The Bertz CT molecular complexity index is 912. The molecule has 2 aromatic carbocycles. The SMILES string of the molecule is BC(B)(F)Oc1ccc(-c2ccc3oc(=O)n(CCO)c3c2)cc1. The van der Waals surface area contributed by atoms with Crippen LogP contribution in [0.25, 0.3) is 22.2 Å². The van der Waals surface area contributed by atoms with Gasteiger partial charge >= 0.3 is 5.76 Å². The number of nitrogens with zero attached hydrogens (tertiary/aromatic N) is 1. The largest absolute Gasteiger partial charge is 0.475 e. The first-order chi connectivity index (χ1) is 11.4. The van der Waals surface area contributed by atoms with Crippen molar-refractivity contribution in [3.8, 4) is 16.9 Å². The molecule has 0 aliphatic rings. The molecule has 0 aliphatic heterocycles. The van der Waals surface area contributed by atoms with Crippen LogP contribution in [0.4, 0.5) is 4.39 Å². The van der Waals surface area contributed by atoms with Gasteiger partial charge < -0.3 is 14.3 Å². The Balaban J connectivity index is 1.97. The van der Waals surface area contributed by atoms with Gasteiger partial charge in [-0.2, -0.15) is 0 Å². The van der Waals surface area contributed by atoms with Crippen LogP contribution in [-0.2, 0) is 6.54 Å². The van der Waals surface area contributed by atoms with Crippen molar-refractivity contribution in [3.05, 3.63) is 53.0 Å². The molecule has 8 heteroatoms. The van der Waals surface area contributed by atoms with Gasteiger partial charge in [-0.1, -0.05) is 18.2 Å². The third-order valence-corrected chi connectivity index (χ3v) is 3.54. The number of ether oxygens (including phenoxy) is 1. The second-order valence-electron chi connectivity index (χ2n) is 5.92. The fourth-order valence-corrected chi connectivity index (χ4v) is 2.55. The van der Waals surface area contributed by atoms with E-state index in [1.807, 2.05) is 24.3 Å². The summed E-state index contributed by atoms with van der Waals surface area (Å²) in [5, 5.41) is 9.09. The molecule has 0 atom stereocenters. The van der Waals surface area contributed by atoms with E-state index in [0.717, 1.165) is 11.1 Å². The molecule has 0 aliphatic carbocycles. The maximum atomic E-state index is 13.5. The Kier molecular flexibility index (Phi) is 4.24. The predicted molar refractivity (Wildman–Crippen MR) is 94.6 cm³/mol. The number of hydrogen-bond donors (Lipinski definition) is 1. The summed E-state index contributed by atoms with van der Waals surface area (Å²) in [4.78, 5) is 11.8. The molecule has 122 valence electrons. The number of benzene rings is 2. The lowest BCUT2D eigenvalue weighted by Gasteiger charge is -2.17. The highest BCUT2D eigenvalue weighted by Crippen LogP contribution is 2.26. The van der Waals surface area contributed by atoms with E-state index in [4.69, 9.17) is 14.3 Å². The van der Waals surface area contributed by atoms with Gasteiger partial charge in [0.25, 0.3) is 0 Å². The highest BCUT2D eigenvalue weighted by atomic mass is 19.2. The zero-order valence-corrected chi connectivity index (χ0v) is 13.5. The monoisotopic (exact) mass is 327 g/mol. The molecule has 0 spiro atoms. The molecule has 1 heterocycles. The first-order valence-corrected chi connectivity index (χ1v) is 7.60. The van der Waals surface area contributed by atoms with Gasteiger partial charge in [-0.3, -0.25) is 4.57 Å². The van der Waals surface area contributed by atoms with E-state index in [1.165, 1.54) is 20.3 Å². The van der Waals surface area contributed by atoms with E-state index in [0.29, 0.717) is 16.8 Å². The molecule has 0 radical (unpaired) electrons. The molecule has 0 bridgehead atoms. The van der Waals surface area contributed by atoms with Crippen LogP contribution in [0.3, 0.4) is 0 Å². The van der Waals surface area contributed by atoms with E-state index in [9.17, 15) is 9.18 Å². The fraction of sp³-hybridized carbons (Fsp3) is 0.188. The number of halogens is 1. The Morgan fingerprint density at radius 2 is 1.83 bits per heavy atom. The summed E-state index contributed by atoms with van der Waals surface area (Å²) in [6.45, 7) is 0.0253. The molecule has 3 aromatic rings. The first kappa shape index (κ1) is 16.4.